The van der Waals surface area contributed by atoms with Crippen molar-refractivity contribution in [3.05, 3.63) is 65.7 Å². The van der Waals surface area contributed by atoms with E-state index in [0.717, 1.165) is 23.4 Å². The highest BCUT2D eigenvalue weighted by atomic mass is 32.2. The molecule has 1 aliphatic heterocycles. The minimum atomic E-state index is 0.671. The van der Waals surface area contributed by atoms with Gasteiger partial charge < -0.3 is 5.73 Å². The predicted octanol–water partition coefficient (Wildman–Crippen LogP) is 4.38. The first kappa shape index (κ1) is 13.0. The van der Waals surface area contributed by atoms with Crippen LogP contribution in [0, 0.1) is 0 Å². The van der Waals surface area contributed by atoms with Crippen molar-refractivity contribution in [3.63, 3.8) is 0 Å². The summed E-state index contributed by atoms with van der Waals surface area (Å²) >= 11 is 1.82. The lowest BCUT2D eigenvalue weighted by Gasteiger charge is -2.05. The molecule has 2 N–H and O–H groups in total. The normalized spacial score (nSPS) is 13.5. The van der Waals surface area contributed by atoms with Crippen LogP contribution in [0.1, 0.15) is 17.5 Å². The van der Waals surface area contributed by atoms with Gasteiger partial charge in [0.1, 0.15) is 5.84 Å². The average molecular weight is 280 g/mol. The van der Waals surface area contributed by atoms with E-state index in [0.29, 0.717) is 5.84 Å². The Morgan fingerprint density at radius 1 is 1.10 bits per heavy atom. The highest BCUT2D eigenvalue weighted by Crippen LogP contribution is 2.31. The number of nitrogens with zero attached hydrogens (tertiary/aromatic N) is 1. The summed E-state index contributed by atoms with van der Waals surface area (Å²) in [6, 6.07) is 16.9. The lowest BCUT2D eigenvalue weighted by atomic mass is 10.2. The first-order valence-corrected chi connectivity index (χ1v) is 7.60. The van der Waals surface area contributed by atoms with Crippen molar-refractivity contribution in [2.24, 2.45) is 10.7 Å². The Kier molecular flexibility index (Phi) is 3.88. The average Bonchev–Trinajstić information content (AvgIpc) is 2.66. The van der Waals surface area contributed by atoms with Crippen LogP contribution in [-0.2, 0) is 5.75 Å². The Balaban J connectivity index is 1.79. The second kappa shape index (κ2) is 5.97. The Hall–Kier alpha value is -2.00. The quantitative estimate of drug-likeness (QED) is 0.847. The molecular weight excluding hydrogens is 264 g/mol. The summed E-state index contributed by atoms with van der Waals surface area (Å²) in [6.45, 7) is 0. The van der Waals surface area contributed by atoms with Gasteiger partial charge in [0, 0.05) is 17.1 Å². The molecule has 2 aromatic carbocycles. The van der Waals surface area contributed by atoms with Crippen LogP contribution >= 0.6 is 11.8 Å². The summed E-state index contributed by atoms with van der Waals surface area (Å²) in [5, 5.41) is 0. The predicted molar refractivity (Wildman–Crippen MR) is 87.4 cm³/mol. The molecule has 3 heteroatoms. The van der Waals surface area contributed by atoms with Crippen molar-refractivity contribution in [3.8, 4) is 0 Å². The molecule has 0 saturated heterocycles. The molecule has 100 valence electrons. The molecule has 0 saturated carbocycles. The van der Waals surface area contributed by atoms with Crippen LogP contribution in [0.15, 0.2) is 64.5 Å². The molecule has 0 aliphatic carbocycles. The molecule has 0 bridgehead atoms. The molecule has 1 heterocycles. The number of nitrogens with two attached hydrogens (primary N) is 1. The van der Waals surface area contributed by atoms with Gasteiger partial charge in [0.15, 0.2) is 0 Å². The minimum Gasteiger partial charge on any atom is -0.387 e. The van der Waals surface area contributed by atoms with E-state index in [1.807, 2.05) is 17.8 Å². The number of aliphatic imine (C=N–C) groups is 1. The highest BCUT2D eigenvalue weighted by molar-refractivity contribution is 7.98. The lowest BCUT2D eigenvalue weighted by Crippen LogP contribution is -2.08. The van der Waals surface area contributed by atoms with Crippen LogP contribution in [0.3, 0.4) is 0 Å². The van der Waals surface area contributed by atoms with Crippen LogP contribution in [0.2, 0.25) is 0 Å². The van der Waals surface area contributed by atoms with Gasteiger partial charge in [0.25, 0.3) is 0 Å². The van der Waals surface area contributed by atoms with E-state index in [1.54, 1.807) is 0 Å². The Morgan fingerprint density at radius 2 is 1.95 bits per heavy atom. The van der Waals surface area contributed by atoms with E-state index in [2.05, 4.69) is 59.6 Å². The maximum absolute atomic E-state index is 5.86. The fourth-order valence-corrected chi connectivity index (χ4v) is 2.98. The van der Waals surface area contributed by atoms with Crippen LogP contribution in [0.4, 0.5) is 5.69 Å². The van der Waals surface area contributed by atoms with Gasteiger partial charge in [0.2, 0.25) is 0 Å². The van der Waals surface area contributed by atoms with Gasteiger partial charge in [-0.25, -0.2) is 4.99 Å². The van der Waals surface area contributed by atoms with E-state index in [1.165, 1.54) is 10.5 Å². The van der Waals surface area contributed by atoms with E-state index in [9.17, 15) is 0 Å². The molecule has 3 rings (SSSR count). The molecule has 0 unspecified atom stereocenters. The van der Waals surface area contributed by atoms with Gasteiger partial charge in [-0.2, -0.15) is 0 Å². The molecule has 0 atom stereocenters. The number of amidine groups is 1. The Labute approximate surface area is 123 Å². The lowest BCUT2D eigenvalue weighted by molar-refractivity contribution is 1.34. The third-order valence-electron chi connectivity index (χ3n) is 3.14. The summed E-state index contributed by atoms with van der Waals surface area (Å²) in [7, 11) is 0. The molecule has 0 fully saturated rings. The molecular formula is C17H16N2S. The number of benzene rings is 2. The van der Waals surface area contributed by atoms with Crippen LogP contribution in [0.5, 0.6) is 0 Å². The SMILES string of the molecule is NC1=Nc2cc(SCc3ccccc3)ccc2C=CC1. The molecule has 0 radical (unpaired) electrons. The fraction of sp³-hybridized carbons (Fsp3) is 0.118. The Bertz CT molecular complexity index is 660. The summed E-state index contributed by atoms with van der Waals surface area (Å²) in [4.78, 5) is 5.70. The molecule has 0 amide bonds. The van der Waals surface area contributed by atoms with Crippen molar-refractivity contribution < 1.29 is 0 Å². The summed E-state index contributed by atoms with van der Waals surface area (Å²) in [5.74, 6) is 1.64. The van der Waals surface area contributed by atoms with Gasteiger partial charge in [-0.15, -0.1) is 11.8 Å². The maximum Gasteiger partial charge on any atom is 0.103 e. The first-order chi connectivity index (χ1) is 9.81. The number of fused-ring (bicyclic) bond motifs is 1. The third-order valence-corrected chi connectivity index (χ3v) is 4.20. The summed E-state index contributed by atoms with van der Waals surface area (Å²) in [6.07, 6.45) is 4.87. The topological polar surface area (TPSA) is 38.4 Å². The van der Waals surface area contributed by atoms with E-state index in [4.69, 9.17) is 5.73 Å². The zero-order valence-electron chi connectivity index (χ0n) is 11.1. The number of hydrogen-bond donors (Lipinski definition) is 1. The third kappa shape index (κ3) is 3.11. The number of hydrogen-bond acceptors (Lipinski definition) is 3. The second-order valence-corrected chi connectivity index (χ2v) is 5.75. The van der Waals surface area contributed by atoms with Gasteiger partial charge in [-0.3, -0.25) is 0 Å². The molecule has 2 aromatic rings. The van der Waals surface area contributed by atoms with Gasteiger partial charge in [-0.1, -0.05) is 48.6 Å². The van der Waals surface area contributed by atoms with Crippen molar-refractivity contribution >= 4 is 29.4 Å². The number of thioether (sulfide) groups is 1. The van der Waals surface area contributed by atoms with Crippen molar-refractivity contribution in [1.29, 1.82) is 0 Å². The first-order valence-electron chi connectivity index (χ1n) is 6.61. The molecule has 20 heavy (non-hydrogen) atoms. The molecule has 0 aromatic heterocycles. The van der Waals surface area contributed by atoms with Gasteiger partial charge >= 0.3 is 0 Å². The van der Waals surface area contributed by atoms with Crippen molar-refractivity contribution in [2.75, 3.05) is 0 Å². The van der Waals surface area contributed by atoms with Crippen LogP contribution in [0.25, 0.3) is 6.08 Å². The van der Waals surface area contributed by atoms with Gasteiger partial charge in [-0.05, 0) is 23.3 Å². The summed E-state index contributed by atoms with van der Waals surface area (Å²) in [5.41, 5.74) is 9.29. The molecule has 0 spiro atoms. The van der Waals surface area contributed by atoms with E-state index >= 15 is 0 Å². The highest BCUT2D eigenvalue weighted by Gasteiger charge is 2.05. The second-order valence-electron chi connectivity index (χ2n) is 4.70. The monoisotopic (exact) mass is 280 g/mol. The maximum atomic E-state index is 5.86. The standard InChI is InChI=1S/C17H16N2S/c18-17-8-4-7-14-9-10-15(11-16(14)19-17)20-12-13-5-2-1-3-6-13/h1-7,9-11H,8,12H2,(H2,18,19). The van der Waals surface area contributed by atoms with Crippen molar-refractivity contribution in [2.45, 2.75) is 17.1 Å². The molecule has 1 aliphatic rings. The van der Waals surface area contributed by atoms with E-state index < -0.39 is 0 Å². The van der Waals surface area contributed by atoms with Gasteiger partial charge in [0.05, 0.1) is 5.69 Å². The van der Waals surface area contributed by atoms with Crippen LogP contribution in [-0.4, -0.2) is 5.84 Å². The van der Waals surface area contributed by atoms with Crippen molar-refractivity contribution in [1.82, 2.24) is 0 Å². The minimum absolute atomic E-state index is 0.671. The van der Waals surface area contributed by atoms with E-state index in [-0.39, 0.29) is 0 Å². The zero-order valence-corrected chi connectivity index (χ0v) is 11.9. The zero-order chi connectivity index (χ0) is 13.8. The summed E-state index contributed by atoms with van der Waals surface area (Å²) < 4.78 is 0. The molecule has 2 nitrogen and oxygen atoms in total. The number of rotatable bonds is 3. The fourth-order valence-electron chi connectivity index (χ4n) is 2.10. The largest absolute Gasteiger partial charge is 0.387 e. The van der Waals surface area contributed by atoms with Crippen LogP contribution < -0.4 is 5.73 Å². The smallest absolute Gasteiger partial charge is 0.103 e. The Morgan fingerprint density at radius 3 is 2.80 bits per heavy atom.